The number of fused-ring (bicyclic) bond motifs is 1. The molecule has 0 radical (unpaired) electrons. The van der Waals surface area contributed by atoms with Crippen molar-refractivity contribution in [2.45, 2.75) is 13.3 Å². The number of hydrogen-bond acceptors (Lipinski definition) is 3. The third-order valence-electron chi connectivity index (χ3n) is 3.17. The summed E-state index contributed by atoms with van der Waals surface area (Å²) in [7, 11) is 0. The highest BCUT2D eigenvalue weighted by atomic mass is 35.5. The molecule has 1 N–H and O–H groups in total. The normalized spacial score (nSPS) is 15.1. The molecule has 0 unspecified atom stereocenters. The van der Waals surface area contributed by atoms with Gasteiger partial charge in [-0.25, -0.2) is 0 Å². The molecule has 1 aromatic heterocycles. The Bertz CT molecular complexity index is 601. The first-order valence-electron chi connectivity index (χ1n) is 5.68. The zero-order chi connectivity index (χ0) is 11.8. The average molecular weight is 249 g/mol. The first kappa shape index (κ1) is 10.7. The molecular formula is C13H13ClN2O. The molecule has 0 fully saturated rings. The number of aliphatic imine (C=N–C) groups is 1. The minimum atomic E-state index is 0.671. The second-order valence-corrected chi connectivity index (χ2v) is 4.65. The summed E-state index contributed by atoms with van der Waals surface area (Å²) in [5.74, 6) is 1.05. The van der Waals surface area contributed by atoms with Crippen molar-refractivity contribution in [3.8, 4) is 0 Å². The fraction of sp³-hybridized carbons (Fsp3) is 0.308. The van der Waals surface area contributed by atoms with Crippen LogP contribution in [-0.2, 0) is 6.42 Å². The number of amidine groups is 1. The van der Waals surface area contributed by atoms with Crippen LogP contribution in [0.4, 0.5) is 0 Å². The monoisotopic (exact) mass is 248 g/mol. The van der Waals surface area contributed by atoms with Crippen LogP contribution in [0.1, 0.15) is 11.1 Å². The van der Waals surface area contributed by atoms with E-state index in [0.717, 1.165) is 36.3 Å². The Hall–Kier alpha value is -1.48. The molecule has 1 aromatic carbocycles. The van der Waals surface area contributed by atoms with Crippen molar-refractivity contribution < 1.29 is 4.42 Å². The first-order chi connectivity index (χ1) is 8.25. The lowest BCUT2D eigenvalue weighted by Crippen LogP contribution is -2.20. The van der Waals surface area contributed by atoms with E-state index in [1.165, 1.54) is 11.1 Å². The van der Waals surface area contributed by atoms with Crippen LogP contribution in [0.5, 0.6) is 0 Å². The molecule has 0 amide bonds. The van der Waals surface area contributed by atoms with E-state index in [0.29, 0.717) is 5.02 Å². The second-order valence-electron chi connectivity index (χ2n) is 4.24. The zero-order valence-corrected chi connectivity index (χ0v) is 10.3. The summed E-state index contributed by atoms with van der Waals surface area (Å²) >= 11 is 6.21. The summed E-state index contributed by atoms with van der Waals surface area (Å²) in [5.41, 5.74) is 3.20. The molecule has 3 rings (SSSR count). The fourth-order valence-electron chi connectivity index (χ4n) is 2.22. The molecule has 0 saturated carbocycles. The molecule has 17 heavy (non-hydrogen) atoms. The standard InChI is InChI=1S/C13H13ClN2O/c1-8-9(7-12-15-3-4-16-12)6-11(14)13-10(8)2-5-17-13/h2,5-6H,3-4,7H2,1H3,(H,15,16). The van der Waals surface area contributed by atoms with Crippen LogP contribution < -0.4 is 5.32 Å². The third kappa shape index (κ3) is 1.80. The van der Waals surface area contributed by atoms with Crippen molar-refractivity contribution in [3.05, 3.63) is 34.5 Å². The van der Waals surface area contributed by atoms with E-state index in [2.05, 4.69) is 17.2 Å². The molecule has 88 valence electrons. The van der Waals surface area contributed by atoms with Gasteiger partial charge in [0.2, 0.25) is 0 Å². The molecule has 0 bridgehead atoms. The predicted octanol–water partition coefficient (Wildman–Crippen LogP) is 2.94. The van der Waals surface area contributed by atoms with E-state index >= 15 is 0 Å². The van der Waals surface area contributed by atoms with Gasteiger partial charge in [-0.05, 0) is 30.2 Å². The van der Waals surface area contributed by atoms with Gasteiger partial charge >= 0.3 is 0 Å². The SMILES string of the molecule is Cc1c(CC2=NCCN2)cc(Cl)c2occc12. The number of halogens is 1. The van der Waals surface area contributed by atoms with E-state index in [4.69, 9.17) is 16.0 Å². The summed E-state index contributed by atoms with van der Waals surface area (Å²) in [6.07, 6.45) is 2.49. The first-order valence-corrected chi connectivity index (χ1v) is 6.06. The highest BCUT2D eigenvalue weighted by Gasteiger charge is 2.13. The lowest BCUT2D eigenvalue weighted by molar-refractivity contribution is 0.616. The lowest BCUT2D eigenvalue weighted by atomic mass is 10.0. The predicted molar refractivity (Wildman–Crippen MR) is 70.0 cm³/mol. The Morgan fingerprint density at radius 2 is 2.41 bits per heavy atom. The number of hydrogen-bond donors (Lipinski definition) is 1. The Morgan fingerprint density at radius 3 is 3.18 bits per heavy atom. The summed E-state index contributed by atoms with van der Waals surface area (Å²) < 4.78 is 5.38. The maximum atomic E-state index is 6.21. The van der Waals surface area contributed by atoms with Crippen molar-refractivity contribution in [2.24, 2.45) is 4.99 Å². The number of nitrogens with one attached hydrogen (secondary N) is 1. The van der Waals surface area contributed by atoms with Crippen LogP contribution in [0.2, 0.25) is 5.02 Å². The molecule has 3 nitrogen and oxygen atoms in total. The van der Waals surface area contributed by atoms with Gasteiger partial charge in [-0.1, -0.05) is 11.6 Å². The number of furan rings is 1. The Balaban J connectivity index is 2.06. The van der Waals surface area contributed by atoms with E-state index in [-0.39, 0.29) is 0 Å². The molecule has 2 heterocycles. The van der Waals surface area contributed by atoms with Gasteiger partial charge in [-0.15, -0.1) is 0 Å². The van der Waals surface area contributed by atoms with Crippen molar-refractivity contribution in [1.82, 2.24) is 5.32 Å². The van der Waals surface area contributed by atoms with Crippen molar-refractivity contribution >= 4 is 28.4 Å². The van der Waals surface area contributed by atoms with Crippen LogP contribution >= 0.6 is 11.6 Å². The van der Waals surface area contributed by atoms with Gasteiger partial charge < -0.3 is 9.73 Å². The fourth-order valence-corrected chi connectivity index (χ4v) is 2.50. The van der Waals surface area contributed by atoms with Crippen LogP contribution in [0.25, 0.3) is 11.0 Å². The summed E-state index contributed by atoms with van der Waals surface area (Å²) in [6, 6.07) is 3.94. The van der Waals surface area contributed by atoms with E-state index in [1.54, 1.807) is 6.26 Å². The van der Waals surface area contributed by atoms with Gasteiger partial charge in [0.1, 0.15) is 5.84 Å². The minimum absolute atomic E-state index is 0.671. The van der Waals surface area contributed by atoms with Crippen LogP contribution in [-0.4, -0.2) is 18.9 Å². The smallest absolute Gasteiger partial charge is 0.152 e. The van der Waals surface area contributed by atoms with Crippen LogP contribution in [0, 0.1) is 6.92 Å². The topological polar surface area (TPSA) is 37.5 Å². The average Bonchev–Trinajstić information content (AvgIpc) is 2.96. The van der Waals surface area contributed by atoms with Gasteiger partial charge in [-0.2, -0.15) is 0 Å². The van der Waals surface area contributed by atoms with Crippen molar-refractivity contribution in [3.63, 3.8) is 0 Å². The number of aryl methyl sites for hydroxylation is 1. The highest BCUT2D eigenvalue weighted by molar-refractivity contribution is 6.35. The maximum Gasteiger partial charge on any atom is 0.152 e. The molecule has 2 aromatic rings. The van der Waals surface area contributed by atoms with Crippen molar-refractivity contribution in [1.29, 1.82) is 0 Å². The zero-order valence-electron chi connectivity index (χ0n) is 9.59. The third-order valence-corrected chi connectivity index (χ3v) is 3.45. The number of rotatable bonds is 2. The van der Waals surface area contributed by atoms with Crippen LogP contribution in [0.3, 0.4) is 0 Å². The Labute approximate surface area is 104 Å². The van der Waals surface area contributed by atoms with Gasteiger partial charge in [0.05, 0.1) is 17.8 Å². The molecule has 1 aliphatic heterocycles. The maximum absolute atomic E-state index is 6.21. The number of benzene rings is 1. The minimum Gasteiger partial charge on any atom is -0.463 e. The quantitative estimate of drug-likeness (QED) is 0.887. The van der Waals surface area contributed by atoms with Gasteiger partial charge in [-0.3, -0.25) is 4.99 Å². The number of nitrogens with zero attached hydrogens (tertiary/aromatic N) is 1. The lowest BCUT2D eigenvalue weighted by Gasteiger charge is -2.08. The second kappa shape index (κ2) is 4.08. The van der Waals surface area contributed by atoms with E-state index in [1.807, 2.05) is 12.1 Å². The molecule has 4 heteroatoms. The molecule has 0 aliphatic carbocycles. The summed E-state index contributed by atoms with van der Waals surface area (Å²) in [6.45, 7) is 3.91. The Kier molecular flexibility index (Phi) is 2.56. The Morgan fingerprint density at radius 1 is 1.53 bits per heavy atom. The van der Waals surface area contributed by atoms with Gasteiger partial charge in [0, 0.05) is 18.4 Å². The van der Waals surface area contributed by atoms with E-state index in [9.17, 15) is 0 Å². The molecule has 0 atom stereocenters. The highest BCUT2D eigenvalue weighted by Crippen LogP contribution is 2.30. The molecule has 0 spiro atoms. The summed E-state index contributed by atoms with van der Waals surface area (Å²) in [4.78, 5) is 4.41. The molecule has 0 saturated heterocycles. The van der Waals surface area contributed by atoms with Gasteiger partial charge in [0.25, 0.3) is 0 Å². The van der Waals surface area contributed by atoms with Crippen LogP contribution in [0.15, 0.2) is 27.8 Å². The summed E-state index contributed by atoms with van der Waals surface area (Å²) in [5, 5.41) is 5.04. The van der Waals surface area contributed by atoms with E-state index < -0.39 is 0 Å². The molecule has 1 aliphatic rings. The molecular weight excluding hydrogens is 236 g/mol. The van der Waals surface area contributed by atoms with Crippen molar-refractivity contribution in [2.75, 3.05) is 13.1 Å². The van der Waals surface area contributed by atoms with Gasteiger partial charge in [0.15, 0.2) is 5.58 Å². The largest absolute Gasteiger partial charge is 0.463 e.